The molecule has 3 heteroatoms. The van der Waals surface area contributed by atoms with Crippen molar-refractivity contribution in [2.45, 2.75) is 53.4 Å². The van der Waals surface area contributed by atoms with E-state index >= 15 is 0 Å². The van der Waals surface area contributed by atoms with E-state index < -0.39 is 0 Å². The Bertz CT molecular complexity index is 188. The van der Waals surface area contributed by atoms with Crippen LogP contribution in [0.25, 0.3) is 0 Å². The standard InChI is InChI=1S/C13H28ClN2/c1-5-9-15(10-6-2)13(14)16(11-7-3)12-8-4/h5-12H2,1-4H3/q+1. The largest absolute Gasteiger partial charge is 0.345 e. The minimum Gasteiger partial charge on any atom is -0.252 e. The van der Waals surface area contributed by atoms with Crippen LogP contribution >= 0.6 is 11.6 Å². The molecule has 0 bridgehead atoms. The van der Waals surface area contributed by atoms with Gasteiger partial charge in [-0.15, -0.1) is 0 Å². The van der Waals surface area contributed by atoms with Gasteiger partial charge in [-0.25, -0.2) is 0 Å². The molecule has 0 aromatic rings. The van der Waals surface area contributed by atoms with Crippen molar-refractivity contribution in [3.05, 3.63) is 0 Å². The molecule has 16 heavy (non-hydrogen) atoms. The van der Waals surface area contributed by atoms with Gasteiger partial charge < -0.3 is 0 Å². The van der Waals surface area contributed by atoms with Gasteiger partial charge in [0.1, 0.15) is 0 Å². The Labute approximate surface area is 106 Å². The average Bonchev–Trinajstić information content (AvgIpc) is 2.27. The molecule has 0 heterocycles. The van der Waals surface area contributed by atoms with Crippen LogP contribution < -0.4 is 0 Å². The maximum Gasteiger partial charge on any atom is 0.345 e. The third-order valence-corrected chi connectivity index (χ3v) is 2.97. The monoisotopic (exact) mass is 247 g/mol. The second-order valence-electron chi connectivity index (χ2n) is 4.24. The number of halogens is 1. The number of hydrogen-bond acceptors (Lipinski definition) is 0. The molecule has 0 saturated carbocycles. The van der Waals surface area contributed by atoms with E-state index in [9.17, 15) is 0 Å². The zero-order valence-corrected chi connectivity index (χ0v) is 12.2. The fraction of sp³-hybridized carbons (Fsp3) is 0.923. The molecule has 0 aliphatic carbocycles. The number of amidine groups is 1. The van der Waals surface area contributed by atoms with Gasteiger partial charge in [-0.05, 0) is 25.7 Å². The topological polar surface area (TPSA) is 6.25 Å². The van der Waals surface area contributed by atoms with E-state index in [4.69, 9.17) is 11.6 Å². The van der Waals surface area contributed by atoms with Crippen molar-refractivity contribution in [3.8, 4) is 0 Å². The van der Waals surface area contributed by atoms with Crippen molar-refractivity contribution in [1.29, 1.82) is 0 Å². The highest BCUT2D eigenvalue weighted by atomic mass is 35.5. The molecule has 0 aliphatic rings. The molecule has 0 aromatic carbocycles. The highest BCUT2D eigenvalue weighted by Crippen LogP contribution is 2.02. The van der Waals surface area contributed by atoms with E-state index in [1.165, 1.54) is 0 Å². The van der Waals surface area contributed by atoms with Crippen molar-refractivity contribution in [2.75, 3.05) is 26.2 Å². The lowest BCUT2D eigenvalue weighted by Crippen LogP contribution is -2.36. The highest BCUT2D eigenvalue weighted by Gasteiger charge is 2.18. The van der Waals surface area contributed by atoms with Crippen molar-refractivity contribution < 1.29 is 4.58 Å². The molecule has 0 fully saturated rings. The van der Waals surface area contributed by atoms with Gasteiger partial charge in [0, 0.05) is 11.6 Å². The lowest BCUT2D eigenvalue weighted by atomic mass is 10.3. The van der Waals surface area contributed by atoms with Crippen LogP contribution in [0.2, 0.25) is 0 Å². The molecule has 0 radical (unpaired) electrons. The quantitative estimate of drug-likeness (QED) is 0.275. The summed E-state index contributed by atoms with van der Waals surface area (Å²) in [6.07, 6.45) is 4.62. The highest BCUT2D eigenvalue weighted by molar-refractivity contribution is 6.63. The zero-order valence-electron chi connectivity index (χ0n) is 11.4. The minimum atomic E-state index is 0.951. The molecule has 0 N–H and O–H groups in total. The second kappa shape index (κ2) is 9.95. The molecular weight excluding hydrogens is 220 g/mol. The van der Waals surface area contributed by atoms with Gasteiger partial charge in [0.25, 0.3) is 0 Å². The maximum atomic E-state index is 6.50. The van der Waals surface area contributed by atoms with Crippen LogP contribution in [0.15, 0.2) is 0 Å². The summed E-state index contributed by atoms with van der Waals surface area (Å²) in [5, 5.41) is 0.951. The van der Waals surface area contributed by atoms with Gasteiger partial charge in [-0.2, -0.15) is 0 Å². The SMILES string of the molecule is CCCN(CCC)C(Cl)=[N+](CCC)CCC. The number of rotatable bonds is 8. The third kappa shape index (κ3) is 5.74. The Kier molecular flexibility index (Phi) is 9.80. The summed E-state index contributed by atoms with van der Waals surface area (Å²) in [5.41, 5.74) is 0. The van der Waals surface area contributed by atoms with Crippen LogP contribution in [0, 0.1) is 0 Å². The summed E-state index contributed by atoms with van der Waals surface area (Å²) in [6, 6.07) is 0. The molecule has 0 saturated heterocycles. The van der Waals surface area contributed by atoms with Crippen LogP contribution in [-0.4, -0.2) is 40.9 Å². The Morgan fingerprint density at radius 3 is 1.62 bits per heavy atom. The van der Waals surface area contributed by atoms with E-state index in [1.807, 2.05) is 0 Å². The summed E-state index contributed by atoms with van der Waals surface area (Å²) in [6.45, 7) is 13.1. The van der Waals surface area contributed by atoms with Crippen LogP contribution in [0.3, 0.4) is 0 Å². The van der Waals surface area contributed by atoms with Gasteiger partial charge in [0.2, 0.25) is 0 Å². The Hall–Kier alpha value is -0.240. The van der Waals surface area contributed by atoms with Gasteiger partial charge in [0.15, 0.2) is 0 Å². The summed E-state index contributed by atoms with van der Waals surface area (Å²) < 4.78 is 2.31. The lowest BCUT2D eigenvalue weighted by molar-refractivity contribution is -0.530. The predicted molar refractivity (Wildman–Crippen MR) is 73.6 cm³/mol. The Morgan fingerprint density at radius 1 is 0.875 bits per heavy atom. The maximum absolute atomic E-state index is 6.50. The van der Waals surface area contributed by atoms with E-state index in [1.54, 1.807) is 0 Å². The van der Waals surface area contributed by atoms with E-state index in [0.717, 1.165) is 57.2 Å². The van der Waals surface area contributed by atoms with Gasteiger partial charge >= 0.3 is 5.29 Å². The minimum absolute atomic E-state index is 0.951. The molecule has 0 atom stereocenters. The van der Waals surface area contributed by atoms with Gasteiger partial charge in [-0.3, -0.25) is 9.48 Å². The summed E-state index contributed by atoms with van der Waals surface area (Å²) >= 11 is 6.50. The summed E-state index contributed by atoms with van der Waals surface area (Å²) in [7, 11) is 0. The van der Waals surface area contributed by atoms with Crippen molar-refractivity contribution in [3.63, 3.8) is 0 Å². The van der Waals surface area contributed by atoms with Gasteiger partial charge in [-0.1, -0.05) is 27.7 Å². The fourth-order valence-electron chi connectivity index (χ4n) is 1.87. The average molecular weight is 248 g/mol. The molecule has 0 rings (SSSR count). The van der Waals surface area contributed by atoms with E-state index in [-0.39, 0.29) is 0 Å². The molecule has 96 valence electrons. The Balaban J connectivity index is 4.68. The van der Waals surface area contributed by atoms with Gasteiger partial charge in [0.05, 0.1) is 26.2 Å². The normalized spacial score (nSPS) is 10.3. The van der Waals surface area contributed by atoms with E-state index in [0.29, 0.717) is 0 Å². The fourth-order valence-corrected chi connectivity index (χ4v) is 2.21. The molecule has 0 aromatic heterocycles. The van der Waals surface area contributed by atoms with E-state index in [2.05, 4.69) is 37.2 Å². The number of nitrogens with zero attached hydrogens (tertiary/aromatic N) is 2. The molecule has 0 unspecified atom stereocenters. The first-order valence-electron chi connectivity index (χ1n) is 6.73. The molecule has 0 aliphatic heterocycles. The van der Waals surface area contributed by atoms with Crippen LogP contribution in [0.4, 0.5) is 0 Å². The predicted octanol–water partition coefficient (Wildman–Crippen LogP) is 3.54. The first-order valence-corrected chi connectivity index (χ1v) is 7.11. The second-order valence-corrected chi connectivity index (χ2v) is 4.58. The molecule has 2 nitrogen and oxygen atoms in total. The van der Waals surface area contributed by atoms with Crippen molar-refractivity contribution in [2.24, 2.45) is 0 Å². The van der Waals surface area contributed by atoms with Crippen LogP contribution in [0.1, 0.15) is 53.4 Å². The first kappa shape index (κ1) is 15.8. The number of hydrogen-bond donors (Lipinski definition) is 0. The lowest BCUT2D eigenvalue weighted by Gasteiger charge is -2.18. The first-order chi connectivity index (χ1) is 7.71. The summed E-state index contributed by atoms with van der Waals surface area (Å²) in [4.78, 5) is 2.31. The molecular formula is C13H28ClN2+. The Morgan fingerprint density at radius 2 is 1.31 bits per heavy atom. The smallest absolute Gasteiger partial charge is 0.252 e. The van der Waals surface area contributed by atoms with Crippen molar-refractivity contribution in [1.82, 2.24) is 4.90 Å². The molecule has 0 amide bonds. The van der Waals surface area contributed by atoms with Crippen molar-refractivity contribution >= 4 is 16.9 Å². The molecule has 0 spiro atoms. The van der Waals surface area contributed by atoms with Crippen LogP contribution in [0.5, 0.6) is 0 Å². The summed E-state index contributed by atoms with van der Waals surface area (Å²) in [5.74, 6) is 0. The van der Waals surface area contributed by atoms with Crippen LogP contribution in [-0.2, 0) is 0 Å². The third-order valence-electron chi connectivity index (χ3n) is 2.50. The zero-order chi connectivity index (χ0) is 12.4.